The van der Waals surface area contributed by atoms with E-state index >= 15 is 0 Å². The number of benzene rings is 1. The highest BCUT2D eigenvalue weighted by Gasteiger charge is 2.05. The summed E-state index contributed by atoms with van der Waals surface area (Å²) in [6.45, 7) is 6.18. The van der Waals surface area contributed by atoms with Crippen molar-refractivity contribution >= 4 is 17.3 Å². The van der Waals surface area contributed by atoms with Gasteiger partial charge in [0, 0.05) is 11.8 Å². The molecule has 5 nitrogen and oxygen atoms in total. The molecule has 0 aliphatic heterocycles. The Hall–Kier alpha value is -2.61. The van der Waals surface area contributed by atoms with Crippen LogP contribution >= 0.6 is 0 Å². The van der Waals surface area contributed by atoms with Crippen molar-refractivity contribution in [2.75, 3.05) is 10.6 Å². The first-order valence-electron chi connectivity index (χ1n) is 5.92. The van der Waals surface area contributed by atoms with Gasteiger partial charge in [-0.25, -0.2) is 9.97 Å². The maximum Gasteiger partial charge on any atom is 0.182 e. The van der Waals surface area contributed by atoms with Gasteiger partial charge in [0.1, 0.15) is 18.0 Å². The van der Waals surface area contributed by atoms with Crippen LogP contribution in [-0.4, -0.2) is 9.97 Å². The van der Waals surface area contributed by atoms with E-state index < -0.39 is 0 Å². The molecule has 2 rings (SSSR count). The van der Waals surface area contributed by atoms with Gasteiger partial charge in [-0.3, -0.25) is 5.32 Å². The summed E-state index contributed by atoms with van der Waals surface area (Å²) in [5.41, 5.74) is 4.58. The minimum Gasteiger partial charge on any atom is -0.340 e. The zero-order valence-electron chi connectivity index (χ0n) is 11.2. The lowest BCUT2D eigenvalue weighted by Crippen LogP contribution is -2.01. The predicted octanol–water partition coefficient (Wildman–Crippen LogP) is 3.04. The summed E-state index contributed by atoms with van der Waals surface area (Å²) in [4.78, 5) is 8.09. The van der Waals surface area contributed by atoms with Gasteiger partial charge in [0.25, 0.3) is 0 Å². The summed E-state index contributed by atoms with van der Waals surface area (Å²) in [6, 6.07) is 5.93. The molecule has 2 N–H and O–H groups in total. The van der Waals surface area contributed by atoms with Crippen molar-refractivity contribution in [1.82, 2.24) is 9.97 Å². The summed E-state index contributed by atoms with van der Waals surface area (Å²) in [7, 11) is 0. The monoisotopic (exact) mass is 253 g/mol. The van der Waals surface area contributed by atoms with Gasteiger partial charge < -0.3 is 5.32 Å². The quantitative estimate of drug-likeness (QED) is 0.649. The first-order chi connectivity index (χ1) is 9.10. The van der Waals surface area contributed by atoms with Crippen LogP contribution in [0.5, 0.6) is 0 Å². The minimum atomic E-state index is 0.474. The molecule has 0 aliphatic carbocycles. The third-order valence-electron chi connectivity index (χ3n) is 2.78. The fourth-order valence-corrected chi connectivity index (χ4v) is 2.06. The Labute approximate surface area is 112 Å². The van der Waals surface area contributed by atoms with Crippen molar-refractivity contribution in [3.8, 4) is 6.19 Å². The number of aromatic nitrogens is 2. The molecular weight excluding hydrogens is 238 g/mol. The minimum absolute atomic E-state index is 0.474. The summed E-state index contributed by atoms with van der Waals surface area (Å²) >= 11 is 0. The van der Waals surface area contributed by atoms with Crippen LogP contribution in [0.1, 0.15) is 16.7 Å². The molecule has 5 heteroatoms. The van der Waals surface area contributed by atoms with E-state index in [1.54, 1.807) is 6.07 Å². The van der Waals surface area contributed by atoms with E-state index in [9.17, 15) is 0 Å². The maximum atomic E-state index is 8.58. The highest BCUT2D eigenvalue weighted by atomic mass is 15.1. The van der Waals surface area contributed by atoms with Gasteiger partial charge in [-0.1, -0.05) is 17.7 Å². The molecule has 19 heavy (non-hydrogen) atoms. The predicted molar refractivity (Wildman–Crippen MR) is 75.2 cm³/mol. The standard InChI is InChI=1S/C14H15N5/c1-9-4-10(2)14(11(3)5-9)19-13-6-12(16-7-15)17-8-18-13/h4-6,8H,1-3H3,(H2,16,17,18,19). The van der Waals surface area contributed by atoms with Gasteiger partial charge in [-0.05, 0) is 31.9 Å². The van der Waals surface area contributed by atoms with Gasteiger partial charge in [0.2, 0.25) is 0 Å². The summed E-state index contributed by atoms with van der Waals surface area (Å²) in [6.07, 6.45) is 3.25. The number of rotatable bonds is 3. The summed E-state index contributed by atoms with van der Waals surface area (Å²) < 4.78 is 0. The normalized spacial score (nSPS) is 9.79. The van der Waals surface area contributed by atoms with Crippen molar-refractivity contribution in [3.05, 3.63) is 41.2 Å². The van der Waals surface area contributed by atoms with Crippen molar-refractivity contribution in [3.63, 3.8) is 0 Å². The van der Waals surface area contributed by atoms with Gasteiger partial charge in [-0.2, -0.15) is 5.26 Å². The molecule has 1 aromatic carbocycles. The van der Waals surface area contributed by atoms with Crippen molar-refractivity contribution < 1.29 is 0 Å². The molecule has 0 fully saturated rings. The average molecular weight is 253 g/mol. The van der Waals surface area contributed by atoms with E-state index in [1.165, 1.54) is 11.9 Å². The van der Waals surface area contributed by atoms with Crippen LogP contribution < -0.4 is 10.6 Å². The molecule has 0 bridgehead atoms. The van der Waals surface area contributed by atoms with Crippen LogP contribution in [0.4, 0.5) is 17.3 Å². The van der Waals surface area contributed by atoms with Crippen molar-refractivity contribution in [2.24, 2.45) is 0 Å². The highest BCUT2D eigenvalue weighted by Crippen LogP contribution is 2.25. The summed E-state index contributed by atoms with van der Waals surface area (Å²) in [5, 5.41) is 14.3. The molecule has 0 saturated heterocycles. The molecule has 96 valence electrons. The number of hydrogen-bond acceptors (Lipinski definition) is 5. The number of nitriles is 1. The molecule has 0 atom stereocenters. The lowest BCUT2D eigenvalue weighted by molar-refractivity contribution is 1.16. The Bertz CT molecular complexity index is 620. The second-order valence-electron chi connectivity index (χ2n) is 4.42. The lowest BCUT2D eigenvalue weighted by Gasteiger charge is -2.13. The molecule has 0 radical (unpaired) electrons. The molecular formula is C14H15N5. The third-order valence-corrected chi connectivity index (χ3v) is 2.78. The molecule has 1 heterocycles. The highest BCUT2D eigenvalue weighted by molar-refractivity contribution is 5.66. The largest absolute Gasteiger partial charge is 0.340 e. The Morgan fingerprint density at radius 1 is 1.00 bits per heavy atom. The number of nitrogens with one attached hydrogen (secondary N) is 2. The number of aryl methyl sites for hydroxylation is 3. The van der Waals surface area contributed by atoms with Crippen LogP contribution in [-0.2, 0) is 0 Å². The van der Waals surface area contributed by atoms with Gasteiger partial charge in [-0.15, -0.1) is 0 Å². The smallest absolute Gasteiger partial charge is 0.182 e. The zero-order chi connectivity index (χ0) is 13.8. The Morgan fingerprint density at radius 2 is 1.63 bits per heavy atom. The average Bonchev–Trinajstić information content (AvgIpc) is 2.35. The molecule has 0 saturated carbocycles. The van der Waals surface area contributed by atoms with E-state index in [4.69, 9.17) is 5.26 Å². The molecule has 0 aliphatic rings. The number of hydrogen-bond donors (Lipinski definition) is 2. The Kier molecular flexibility index (Phi) is 3.62. The van der Waals surface area contributed by atoms with Crippen LogP contribution in [0.3, 0.4) is 0 Å². The van der Waals surface area contributed by atoms with E-state index in [0.717, 1.165) is 16.8 Å². The first-order valence-corrected chi connectivity index (χ1v) is 5.92. The second-order valence-corrected chi connectivity index (χ2v) is 4.42. The van der Waals surface area contributed by atoms with Gasteiger partial charge >= 0.3 is 0 Å². The second kappa shape index (κ2) is 5.36. The van der Waals surface area contributed by atoms with E-state index in [2.05, 4.69) is 53.5 Å². The van der Waals surface area contributed by atoms with E-state index in [0.29, 0.717) is 11.6 Å². The van der Waals surface area contributed by atoms with Crippen molar-refractivity contribution in [1.29, 1.82) is 5.26 Å². The van der Waals surface area contributed by atoms with E-state index in [-0.39, 0.29) is 0 Å². The van der Waals surface area contributed by atoms with Crippen LogP contribution in [0.25, 0.3) is 0 Å². The third kappa shape index (κ3) is 2.99. The SMILES string of the molecule is Cc1cc(C)c(Nc2cc(NC#N)ncn2)c(C)c1. The van der Waals surface area contributed by atoms with Crippen LogP contribution in [0.2, 0.25) is 0 Å². The fraction of sp³-hybridized carbons (Fsp3) is 0.214. The molecule has 1 aromatic heterocycles. The van der Waals surface area contributed by atoms with Gasteiger partial charge in [0.15, 0.2) is 6.19 Å². The maximum absolute atomic E-state index is 8.58. The van der Waals surface area contributed by atoms with Crippen LogP contribution in [0.15, 0.2) is 24.5 Å². The van der Waals surface area contributed by atoms with Crippen LogP contribution in [0, 0.1) is 32.2 Å². The fourth-order valence-electron chi connectivity index (χ4n) is 2.06. The number of anilines is 3. The Balaban J connectivity index is 2.31. The lowest BCUT2D eigenvalue weighted by atomic mass is 10.1. The number of nitrogens with zero attached hydrogens (tertiary/aromatic N) is 3. The molecule has 0 unspecified atom stereocenters. The first kappa shape index (κ1) is 12.8. The summed E-state index contributed by atoms with van der Waals surface area (Å²) in [5.74, 6) is 1.13. The molecule has 0 spiro atoms. The van der Waals surface area contributed by atoms with Gasteiger partial charge in [0.05, 0.1) is 0 Å². The molecule has 0 amide bonds. The Morgan fingerprint density at radius 3 is 2.26 bits per heavy atom. The molecule has 2 aromatic rings. The van der Waals surface area contributed by atoms with Crippen molar-refractivity contribution in [2.45, 2.75) is 20.8 Å². The zero-order valence-corrected chi connectivity index (χ0v) is 11.2. The topological polar surface area (TPSA) is 73.6 Å². The van der Waals surface area contributed by atoms with E-state index in [1.807, 2.05) is 6.19 Å².